The third kappa shape index (κ3) is 3.47. The summed E-state index contributed by atoms with van der Waals surface area (Å²) in [5.41, 5.74) is 0.202. The Morgan fingerprint density at radius 2 is 2.00 bits per heavy atom. The lowest BCUT2D eigenvalue weighted by atomic mass is 10.2. The number of aromatic nitrogens is 3. The molecule has 2 heterocycles. The van der Waals surface area contributed by atoms with Gasteiger partial charge >= 0.3 is 6.18 Å². The van der Waals surface area contributed by atoms with Gasteiger partial charge in [-0.3, -0.25) is 0 Å². The summed E-state index contributed by atoms with van der Waals surface area (Å²) >= 11 is 5.59. The van der Waals surface area contributed by atoms with Gasteiger partial charge in [0, 0.05) is 18.3 Å². The van der Waals surface area contributed by atoms with Gasteiger partial charge in [0.25, 0.3) is 0 Å². The molecule has 7 heteroatoms. The third-order valence-corrected chi connectivity index (χ3v) is 2.81. The van der Waals surface area contributed by atoms with Crippen LogP contribution in [0.2, 0.25) is 0 Å². The zero-order valence-electron chi connectivity index (χ0n) is 9.86. The minimum atomic E-state index is -4.37. The molecule has 19 heavy (non-hydrogen) atoms. The molecule has 3 nitrogen and oxygen atoms in total. The van der Waals surface area contributed by atoms with Crippen LogP contribution in [0.25, 0.3) is 5.82 Å². The molecule has 0 aliphatic carbocycles. The lowest BCUT2D eigenvalue weighted by Gasteiger charge is -2.06. The number of hydrogen-bond acceptors (Lipinski definition) is 2. The second-order valence-corrected chi connectivity index (χ2v) is 4.37. The second-order valence-electron chi connectivity index (χ2n) is 3.99. The van der Waals surface area contributed by atoms with Crippen molar-refractivity contribution in [1.29, 1.82) is 0 Å². The third-order valence-electron chi connectivity index (χ3n) is 2.55. The predicted octanol–water partition coefficient (Wildman–Crippen LogP) is 3.46. The van der Waals surface area contributed by atoms with Crippen molar-refractivity contribution in [2.45, 2.75) is 19.0 Å². The van der Waals surface area contributed by atoms with E-state index in [-0.39, 0.29) is 0 Å². The van der Waals surface area contributed by atoms with E-state index in [9.17, 15) is 13.2 Å². The number of rotatable bonds is 4. The molecule has 0 amide bonds. The lowest BCUT2D eigenvalue weighted by molar-refractivity contribution is -0.137. The summed E-state index contributed by atoms with van der Waals surface area (Å²) in [5, 5.41) is 4.06. The maximum absolute atomic E-state index is 12.4. The van der Waals surface area contributed by atoms with Gasteiger partial charge in [-0.25, -0.2) is 9.67 Å². The van der Waals surface area contributed by atoms with Gasteiger partial charge in [-0.1, -0.05) is 0 Å². The molecule has 0 aliphatic heterocycles. The van der Waals surface area contributed by atoms with Gasteiger partial charge in [0.2, 0.25) is 0 Å². The van der Waals surface area contributed by atoms with Crippen molar-refractivity contribution in [3.05, 3.63) is 41.9 Å². The van der Waals surface area contributed by atoms with E-state index in [0.29, 0.717) is 11.7 Å². The Hall–Kier alpha value is -1.56. The van der Waals surface area contributed by atoms with Gasteiger partial charge in [-0.05, 0) is 30.5 Å². The van der Waals surface area contributed by atoms with Crippen molar-refractivity contribution >= 4 is 11.6 Å². The van der Waals surface area contributed by atoms with Gasteiger partial charge in [0.15, 0.2) is 5.82 Å². The van der Waals surface area contributed by atoms with E-state index in [1.54, 1.807) is 12.4 Å². The average molecular weight is 290 g/mol. The summed E-state index contributed by atoms with van der Waals surface area (Å²) < 4.78 is 38.6. The van der Waals surface area contributed by atoms with Gasteiger partial charge in [-0.15, -0.1) is 11.6 Å². The molecule has 0 saturated carbocycles. The van der Waals surface area contributed by atoms with Crippen LogP contribution < -0.4 is 0 Å². The van der Waals surface area contributed by atoms with E-state index < -0.39 is 11.7 Å². The maximum atomic E-state index is 12.4. The van der Waals surface area contributed by atoms with Crippen molar-refractivity contribution in [2.75, 3.05) is 5.88 Å². The molecule has 102 valence electrons. The quantitative estimate of drug-likeness (QED) is 0.807. The minimum absolute atomic E-state index is 0.352. The van der Waals surface area contributed by atoms with Crippen LogP contribution in [0.15, 0.2) is 30.7 Å². The normalized spacial score (nSPS) is 11.8. The van der Waals surface area contributed by atoms with E-state index in [1.165, 1.54) is 10.7 Å². The van der Waals surface area contributed by atoms with Crippen LogP contribution in [-0.2, 0) is 12.6 Å². The lowest BCUT2D eigenvalue weighted by Crippen LogP contribution is -2.06. The molecule has 0 atom stereocenters. The molecule has 0 unspecified atom stereocenters. The predicted molar refractivity (Wildman–Crippen MR) is 65.4 cm³/mol. The van der Waals surface area contributed by atoms with Crippen molar-refractivity contribution in [3.8, 4) is 5.82 Å². The molecule has 0 spiro atoms. The molecule has 0 radical (unpaired) electrons. The first-order valence-electron chi connectivity index (χ1n) is 5.64. The SMILES string of the molecule is FC(F)(F)c1ccc(-n2cc(CCCCl)cn2)nc1. The Bertz CT molecular complexity index is 534. The second kappa shape index (κ2) is 5.61. The molecular formula is C12H11ClF3N3. The number of halogens is 4. The highest BCUT2D eigenvalue weighted by Crippen LogP contribution is 2.28. The number of pyridine rings is 1. The first kappa shape index (κ1) is 13.9. The number of aryl methyl sites for hydroxylation is 1. The van der Waals surface area contributed by atoms with Gasteiger partial charge in [0.05, 0.1) is 11.8 Å². The van der Waals surface area contributed by atoms with Gasteiger partial charge in [-0.2, -0.15) is 18.3 Å². The average Bonchev–Trinajstić information content (AvgIpc) is 2.84. The van der Waals surface area contributed by atoms with E-state index in [2.05, 4.69) is 10.1 Å². The topological polar surface area (TPSA) is 30.7 Å². The highest BCUT2D eigenvalue weighted by molar-refractivity contribution is 6.17. The van der Waals surface area contributed by atoms with E-state index in [0.717, 1.165) is 30.7 Å². The monoisotopic (exact) mass is 289 g/mol. The van der Waals surface area contributed by atoms with Crippen molar-refractivity contribution in [1.82, 2.24) is 14.8 Å². The molecule has 0 bridgehead atoms. The molecule has 0 fully saturated rings. The van der Waals surface area contributed by atoms with Crippen molar-refractivity contribution < 1.29 is 13.2 Å². The van der Waals surface area contributed by atoms with Crippen molar-refractivity contribution in [2.24, 2.45) is 0 Å². The highest BCUT2D eigenvalue weighted by atomic mass is 35.5. The number of alkyl halides is 4. The molecule has 0 saturated heterocycles. The molecular weight excluding hydrogens is 279 g/mol. The fourth-order valence-corrected chi connectivity index (χ4v) is 1.71. The molecule has 0 N–H and O–H groups in total. The van der Waals surface area contributed by atoms with Crippen LogP contribution in [0.1, 0.15) is 17.5 Å². The smallest absolute Gasteiger partial charge is 0.237 e. The van der Waals surface area contributed by atoms with Gasteiger partial charge < -0.3 is 0 Å². The zero-order valence-corrected chi connectivity index (χ0v) is 10.6. The summed E-state index contributed by atoms with van der Waals surface area (Å²) in [7, 11) is 0. The molecule has 0 aliphatic rings. The van der Waals surface area contributed by atoms with E-state index >= 15 is 0 Å². The standard InChI is InChI=1S/C12H11ClF3N3/c13-5-1-2-9-6-18-19(8-9)11-4-3-10(7-17-11)12(14,15)16/h3-4,6-8H,1-2,5H2. The molecule has 2 aromatic rings. The fraction of sp³-hybridized carbons (Fsp3) is 0.333. The highest BCUT2D eigenvalue weighted by Gasteiger charge is 2.30. The summed E-state index contributed by atoms with van der Waals surface area (Å²) in [5.74, 6) is 0.911. The Morgan fingerprint density at radius 3 is 2.58 bits per heavy atom. The summed E-state index contributed by atoms with van der Waals surface area (Å²) in [6, 6.07) is 2.28. The summed E-state index contributed by atoms with van der Waals surface area (Å²) in [6.45, 7) is 0. The summed E-state index contributed by atoms with van der Waals surface area (Å²) in [6.07, 6.45) is 1.43. The van der Waals surface area contributed by atoms with Crippen LogP contribution in [0, 0.1) is 0 Å². The van der Waals surface area contributed by atoms with Gasteiger partial charge in [0.1, 0.15) is 0 Å². The first-order valence-corrected chi connectivity index (χ1v) is 6.17. The molecule has 2 aromatic heterocycles. The fourth-order valence-electron chi connectivity index (χ4n) is 1.57. The number of nitrogens with zero attached hydrogens (tertiary/aromatic N) is 3. The largest absolute Gasteiger partial charge is 0.417 e. The van der Waals surface area contributed by atoms with Crippen LogP contribution in [0.4, 0.5) is 13.2 Å². The molecule has 0 aromatic carbocycles. The Balaban J connectivity index is 2.16. The number of hydrogen-bond donors (Lipinski definition) is 0. The zero-order chi connectivity index (χ0) is 13.9. The summed E-state index contributed by atoms with van der Waals surface area (Å²) in [4.78, 5) is 3.76. The maximum Gasteiger partial charge on any atom is 0.417 e. The Kier molecular flexibility index (Phi) is 4.09. The van der Waals surface area contributed by atoms with Crippen molar-refractivity contribution in [3.63, 3.8) is 0 Å². The van der Waals surface area contributed by atoms with E-state index in [1.807, 2.05) is 0 Å². The first-order chi connectivity index (χ1) is 9.00. The van der Waals surface area contributed by atoms with Crippen LogP contribution >= 0.6 is 11.6 Å². The van der Waals surface area contributed by atoms with E-state index in [4.69, 9.17) is 11.6 Å². The molecule has 2 rings (SSSR count). The minimum Gasteiger partial charge on any atom is -0.237 e. The van der Waals surface area contributed by atoms with Crippen LogP contribution in [0.5, 0.6) is 0 Å². The Morgan fingerprint density at radius 1 is 1.21 bits per heavy atom. The Labute approximate surface area is 113 Å². The van der Waals surface area contributed by atoms with Crippen LogP contribution in [0.3, 0.4) is 0 Å². The van der Waals surface area contributed by atoms with Crippen LogP contribution in [-0.4, -0.2) is 20.6 Å².